The predicted octanol–water partition coefficient (Wildman–Crippen LogP) is 1.07. The van der Waals surface area contributed by atoms with Crippen molar-refractivity contribution in [2.24, 2.45) is 0 Å². The number of likely N-dealkylation sites (N-methyl/N-ethyl adjacent to an activating group) is 1. The molecule has 0 aromatic heterocycles. The molecule has 1 aromatic rings. The van der Waals surface area contributed by atoms with Gasteiger partial charge in [0, 0.05) is 32.6 Å². The number of carbonyl (C=O) groups excluding carboxylic acids is 3. The number of cyclic esters (lactones) is 1. The molecule has 0 saturated carbocycles. The van der Waals surface area contributed by atoms with Gasteiger partial charge in [-0.15, -0.1) is 0 Å². The van der Waals surface area contributed by atoms with Crippen molar-refractivity contribution in [1.29, 1.82) is 0 Å². The molecule has 3 aliphatic rings. The molecule has 3 amide bonds. The standard InChI is InChI=1S/C18H20F2N4O5/c1-9(25)21-5-11-6-24(18(27)28-11)10-3-12(19)16(13(20)4-10)23-7-14-15(8-23)29-17(26)22(14)2/h3-4,11,14-15H,5-8H2,1-2H3,(H,21,25)/t11-,14+,15-/m0/s1. The van der Waals surface area contributed by atoms with Crippen LogP contribution in [0.5, 0.6) is 0 Å². The van der Waals surface area contributed by atoms with Crippen molar-refractivity contribution in [3.05, 3.63) is 23.8 Å². The first-order valence-corrected chi connectivity index (χ1v) is 9.14. The summed E-state index contributed by atoms with van der Waals surface area (Å²) in [7, 11) is 1.59. The van der Waals surface area contributed by atoms with Crippen molar-refractivity contribution in [2.75, 3.05) is 43.0 Å². The molecular weight excluding hydrogens is 390 g/mol. The van der Waals surface area contributed by atoms with Crippen LogP contribution >= 0.6 is 0 Å². The maximum Gasteiger partial charge on any atom is 0.414 e. The van der Waals surface area contributed by atoms with Crippen LogP contribution in [0.25, 0.3) is 0 Å². The van der Waals surface area contributed by atoms with E-state index in [0.717, 1.165) is 17.0 Å². The molecule has 3 atom stereocenters. The second-order valence-electron chi connectivity index (χ2n) is 7.32. The van der Waals surface area contributed by atoms with Gasteiger partial charge in [-0.3, -0.25) is 9.69 Å². The fourth-order valence-electron chi connectivity index (χ4n) is 3.88. The van der Waals surface area contributed by atoms with E-state index in [2.05, 4.69) is 5.32 Å². The van der Waals surface area contributed by atoms with Gasteiger partial charge in [0.1, 0.15) is 17.9 Å². The summed E-state index contributed by atoms with van der Waals surface area (Å²) < 4.78 is 39.9. The molecule has 0 radical (unpaired) electrons. The first kappa shape index (κ1) is 19.2. The van der Waals surface area contributed by atoms with Crippen LogP contribution in [0.15, 0.2) is 12.1 Å². The summed E-state index contributed by atoms with van der Waals surface area (Å²) in [6.45, 7) is 1.93. The fraction of sp³-hybridized carbons (Fsp3) is 0.500. The molecule has 9 nitrogen and oxygen atoms in total. The van der Waals surface area contributed by atoms with Gasteiger partial charge in [0.2, 0.25) is 5.91 Å². The Hall–Kier alpha value is -3.11. The Balaban J connectivity index is 1.50. The van der Waals surface area contributed by atoms with Crippen LogP contribution in [-0.4, -0.2) is 74.5 Å². The highest BCUT2D eigenvalue weighted by Gasteiger charge is 2.47. The van der Waals surface area contributed by atoms with Gasteiger partial charge in [0.05, 0.1) is 31.4 Å². The number of hydrogen-bond acceptors (Lipinski definition) is 6. The van der Waals surface area contributed by atoms with Gasteiger partial charge in [-0.1, -0.05) is 0 Å². The topological polar surface area (TPSA) is 91.4 Å². The van der Waals surface area contributed by atoms with E-state index in [1.54, 1.807) is 7.05 Å². The van der Waals surface area contributed by atoms with E-state index >= 15 is 0 Å². The summed E-state index contributed by atoms with van der Waals surface area (Å²) >= 11 is 0. The largest absolute Gasteiger partial charge is 0.442 e. The Labute approximate surface area is 165 Å². The van der Waals surface area contributed by atoms with E-state index in [-0.39, 0.29) is 49.5 Å². The maximum atomic E-state index is 14.8. The molecule has 156 valence electrons. The van der Waals surface area contributed by atoms with Crippen LogP contribution in [-0.2, 0) is 14.3 Å². The third kappa shape index (κ3) is 3.40. The monoisotopic (exact) mass is 410 g/mol. The zero-order valence-corrected chi connectivity index (χ0v) is 15.9. The summed E-state index contributed by atoms with van der Waals surface area (Å²) in [5.41, 5.74) is -0.197. The van der Waals surface area contributed by atoms with E-state index in [9.17, 15) is 23.2 Å². The molecular formula is C18H20F2N4O5. The third-order valence-corrected chi connectivity index (χ3v) is 5.36. The highest BCUT2D eigenvalue weighted by Crippen LogP contribution is 2.35. The predicted molar refractivity (Wildman–Crippen MR) is 96.7 cm³/mol. The first-order valence-electron chi connectivity index (χ1n) is 9.14. The molecule has 3 aliphatic heterocycles. The molecule has 3 saturated heterocycles. The molecule has 4 rings (SSSR count). The average Bonchev–Trinajstić information content (AvgIpc) is 3.28. The zero-order chi connectivity index (χ0) is 20.9. The zero-order valence-electron chi connectivity index (χ0n) is 15.9. The number of benzene rings is 1. The second-order valence-corrected chi connectivity index (χ2v) is 7.32. The van der Waals surface area contributed by atoms with Gasteiger partial charge >= 0.3 is 12.2 Å². The number of hydrogen-bond donors (Lipinski definition) is 1. The quantitative estimate of drug-likeness (QED) is 0.799. The summed E-state index contributed by atoms with van der Waals surface area (Å²) in [6.07, 6.45) is -2.25. The number of nitrogens with one attached hydrogen (secondary N) is 1. The number of rotatable bonds is 4. The molecule has 0 bridgehead atoms. The smallest absolute Gasteiger partial charge is 0.414 e. The summed E-state index contributed by atoms with van der Waals surface area (Å²) in [5, 5.41) is 2.54. The lowest BCUT2D eigenvalue weighted by Gasteiger charge is -2.23. The molecule has 1 aromatic carbocycles. The summed E-state index contributed by atoms with van der Waals surface area (Å²) in [5.74, 6) is -1.92. The van der Waals surface area contributed by atoms with Crippen molar-refractivity contribution in [2.45, 2.75) is 25.2 Å². The van der Waals surface area contributed by atoms with Gasteiger partial charge in [0.25, 0.3) is 0 Å². The third-order valence-electron chi connectivity index (χ3n) is 5.36. The van der Waals surface area contributed by atoms with E-state index in [4.69, 9.17) is 9.47 Å². The average molecular weight is 410 g/mol. The normalized spacial score (nSPS) is 25.9. The van der Waals surface area contributed by atoms with Crippen LogP contribution in [0.1, 0.15) is 6.92 Å². The molecule has 1 N–H and O–H groups in total. The number of anilines is 2. The minimum atomic E-state index is -0.827. The van der Waals surface area contributed by atoms with Gasteiger partial charge in [0.15, 0.2) is 11.6 Å². The lowest BCUT2D eigenvalue weighted by Crippen LogP contribution is -2.35. The van der Waals surface area contributed by atoms with Gasteiger partial charge in [-0.2, -0.15) is 0 Å². The van der Waals surface area contributed by atoms with Gasteiger partial charge in [-0.05, 0) is 0 Å². The first-order chi connectivity index (χ1) is 13.7. The second kappa shape index (κ2) is 7.05. The Bertz CT molecular complexity index is 859. The van der Waals surface area contributed by atoms with Crippen molar-refractivity contribution in [3.63, 3.8) is 0 Å². The fourth-order valence-corrected chi connectivity index (χ4v) is 3.88. The Morgan fingerprint density at radius 1 is 1.14 bits per heavy atom. The van der Waals surface area contributed by atoms with Gasteiger partial charge in [-0.25, -0.2) is 18.4 Å². The molecule has 3 heterocycles. The number of fused-ring (bicyclic) bond motifs is 1. The van der Waals surface area contributed by atoms with Crippen LogP contribution in [0.3, 0.4) is 0 Å². The number of halogens is 2. The van der Waals surface area contributed by atoms with E-state index in [1.165, 1.54) is 16.7 Å². The Morgan fingerprint density at radius 2 is 1.83 bits per heavy atom. The van der Waals surface area contributed by atoms with Crippen LogP contribution < -0.4 is 15.1 Å². The SMILES string of the molecule is CC(=O)NC[C@H]1CN(c2cc(F)c(N3C[C@@H]4OC(=O)N(C)[C@@H]4C3)c(F)c2)C(=O)O1. The molecule has 0 unspecified atom stereocenters. The Kier molecular flexibility index (Phi) is 4.67. The molecule has 29 heavy (non-hydrogen) atoms. The van der Waals surface area contributed by atoms with Crippen molar-refractivity contribution in [1.82, 2.24) is 10.2 Å². The van der Waals surface area contributed by atoms with Gasteiger partial charge < -0.3 is 24.6 Å². The Morgan fingerprint density at radius 3 is 2.45 bits per heavy atom. The van der Waals surface area contributed by atoms with E-state index in [1.807, 2.05) is 0 Å². The van der Waals surface area contributed by atoms with Crippen molar-refractivity contribution < 1.29 is 32.6 Å². The number of amides is 3. The summed E-state index contributed by atoms with van der Waals surface area (Å²) in [4.78, 5) is 38.7. The molecule has 0 spiro atoms. The highest BCUT2D eigenvalue weighted by molar-refractivity contribution is 5.90. The highest BCUT2D eigenvalue weighted by atomic mass is 19.1. The van der Waals surface area contributed by atoms with Crippen LogP contribution in [0.4, 0.5) is 29.7 Å². The minimum absolute atomic E-state index is 0.0296. The maximum absolute atomic E-state index is 14.8. The minimum Gasteiger partial charge on any atom is -0.442 e. The van der Waals surface area contributed by atoms with E-state index in [0.29, 0.717) is 0 Å². The van der Waals surface area contributed by atoms with Crippen LogP contribution in [0.2, 0.25) is 0 Å². The number of nitrogens with zero attached hydrogens (tertiary/aromatic N) is 3. The summed E-state index contributed by atoms with van der Waals surface area (Å²) in [6, 6.07) is 1.87. The lowest BCUT2D eigenvalue weighted by molar-refractivity contribution is -0.119. The number of carbonyl (C=O) groups is 3. The van der Waals surface area contributed by atoms with E-state index < -0.39 is 36.0 Å². The molecule has 0 aliphatic carbocycles. The molecule has 3 fully saturated rings. The van der Waals surface area contributed by atoms with Crippen molar-refractivity contribution >= 4 is 29.5 Å². The lowest BCUT2D eigenvalue weighted by atomic mass is 10.2. The van der Waals surface area contributed by atoms with Crippen molar-refractivity contribution in [3.8, 4) is 0 Å². The number of ether oxygens (including phenoxy) is 2. The molecule has 11 heteroatoms. The van der Waals surface area contributed by atoms with Crippen LogP contribution in [0, 0.1) is 11.6 Å².